The van der Waals surface area contributed by atoms with E-state index in [1.165, 1.54) is 7.11 Å². The third kappa shape index (κ3) is 2.41. The molecule has 3 nitrogen and oxygen atoms in total. The maximum Gasteiger partial charge on any atom is 0.310 e. The number of halogens is 2. The second-order valence-corrected chi connectivity index (χ2v) is 4.84. The summed E-state index contributed by atoms with van der Waals surface area (Å²) in [5, 5.41) is 4.37. The van der Waals surface area contributed by atoms with Crippen LogP contribution in [-0.2, 0) is 9.53 Å². The first-order chi connectivity index (χ1) is 8.15. The molecule has 1 heterocycles. The molecule has 1 fully saturated rings. The minimum Gasteiger partial charge on any atom is -0.469 e. The summed E-state index contributed by atoms with van der Waals surface area (Å²) >= 11 is 12.3. The molecule has 5 heteroatoms. The Kier molecular flexibility index (Phi) is 3.92. The molecule has 1 aliphatic heterocycles. The van der Waals surface area contributed by atoms with Gasteiger partial charge < -0.3 is 10.1 Å². The Labute approximate surface area is 110 Å². The van der Waals surface area contributed by atoms with Gasteiger partial charge in [-0.2, -0.15) is 0 Å². The van der Waals surface area contributed by atoms with Gasteiger partial charge in [-0.1, -0.05) is 29.3 Å². The van der Waals surface area contributed by atoms with Crippen molar-refractivity contribution in [2.75, 3.05) is 20.2 Å². The van der Waals surface area contributed by atoms with E-state index in [1.807, 2.05) is 0 Å². The minimum absolute atomic E-state index is 0.0244. The van der Waals surface area contributed by atoms with Crippen LogP contribution in [-0.4, -0.2) is 26.2 Å². The highest BCUT2D eigenvalue weighted by atomic mass is 35.5. The Morgan fingerprint density at radius 1 is 1.35 bits per heavy atom. The van der Waals surface area contributed by atoms with Crippen LogP contribution in [0.5, 0.6) is 0 Å². The lowest BCUT2D eigenvalue weighted by atomic mass is 9.89. The zero-order valence-electron chi connectivity index (χ0n) is 9.37. The van der Waals surface area contributed by atoms with E-state index in [0.717, 1.165) is 5.56 Å². The lowest BCUT2D eigenvalue weighted by Crippen LogP contribution is -2.23. The van der Waals surface area contributed by atoms with Crippen LogP contribution in [0.2, 0.25) is 10.0 Å². The number of carbonyl (C=O) groups is 1. The van der Waals surface area contributed by atoms with E-state index in [-0.39, 0.29) is 17.8 Å². The summed E-state index contributed by atoms with van der Waals surface area (Å²) in [7, 11) is 1.39. The van der Waals surface area contributed by atoms with E-state index in [9.17, 15) is 4.79 Å². The number of hydrogen-bond donors (Lipinski definition) is 1. The summed E-state index contributed by atoms with van der Waals surface area (Å²) in [6, 6.07) is 5.37. The van der Waals surface area contributed by atoms with Gasteiger partial charge in [0.2, 0.25) is 0 Å². The van der Waals surface area contributed by atoms with E-state index >= 15 is 0 Å². The third-order valence-electron chi connectivity index (χ3n) is 3.09. The molecule has 2 rings (SSSR count). The fourth-order valence-electron chi connectivity index (χ4n) is 2.25. The summed E-state index contributed by atoms with van der Waals surface area (Å²) in [6.07, 6.45) is 0. The molecule has 1 aromatic rings. The van der Waals surface area contributed by atoms with Crippen LogP contribution in [0.3, 0.4) is 0 Å². The van der Waals surface area contributed by atoms with Gasteiger partial charge in [-0.05, 0) is 17.7 Å². The number of hydrogen-bond acceptors (Lipinski definition) is 3. The molecule has 0 amide bonds. The first kappa shape index (κ1) is 12.7. The second-order valence-electron chi connectivity index (χ2n) is 4.03. The van der Waals surface area contributed by atoms with Gasteiger partial charge in [-0.3, -0.25) is 4.79 Å². The Hall–Kier alpha value is -0.770. The lowest BCUT2D eigenvalue weighted by Gasteiger charge is -2.19. The number of benzene rings is 1. The first-order valence-electron chi connectivity index (χ1n) is 5.37. The van der Waals surface area contributed by atoms with E-state index in [2.05, 4.69) is 5.32 Å². The summed E-state index contributed by atoms with van der Waals surface area (Å²) in [5.41, 5.74) is 0.830. The molecule has 1 N–H and O–H groups in total. The highest BCUT2D eigenvalue weighted by molar-refractivity contribution is 6.36. The Bertz CT molecular complexity index is 416. The molecule has 92 valence electrons. The first-order valence-corrected chi connectivity index (χ1v) is 6.13. The molecule has 1 aliphatic rings. The highest BCUT2D eigenvalue weighted by Gasteiger charge is 2.36. The van der Waals surface area contributed by atoms with E-state index < -0.39 is 0 Å². The second kappa shape index (κ2) is 5.25. The normalized spacial score (nSPS) is 23.7. The van der Waals surface area contributed by atoms with Crippen molar-refractivity contribution in [1.29, 1.82) is 0 Å². The predicted octanol–water partition coefficient (Wildman–Crippen LogP) is 2.47. The van der Waals surface area contributed by atoms with Crippen LogP contribution in [0.15, 0.2) is 18.2 Å². The number of ether oxygens (including phenoxy) is 1. The van der Waals surface area contributed by atoms with Crippen LogP contribution in [0.25, 0.3) is 0 Å². The standard InChI is InChI=1S/C12H13Cl2NO2/c1-17-12(16)8-6-15-5-7(8)11-9(13)3-2-4-10(11)14/h2-4,7-8,15H,5-6H2,1H3. The van der Waals surface area contributed by atoms with Crippen LogP contribution in [0.4, 0.5) is 0 Å². The Morgan fingerprint density at radius 3 is 2.59 bits per heavy atom. The topological polar surface area (TPSA) is 38.3 Å². The van der Waals surface area contributed by atoms with Gasteiger partial charge in [-0.25, -0.2) is 0 Å². The smallest absolute Gasteiger partial charge is 0.310 e. The minimum atomic E-state index is -0.226. The van der Waals surface area contributed by atoms with Crippen LogP contribution in [0.1, 0.15) is 11.5 Å². The van der Waals surface area contributed by atoms with E-state index in [1.54, 1.807) is 18.2 Å². The fourth-order valence-corrected chi connectivity index (χ4v) is 2.92. The van der Waals surface area contributed by atoms with Gasteiger partial charge in [0.1, 0.15) is 0 Å². The van der Waals surface area contributed by atoms with Crippen molar-refractivity contribution in [2.45, 2.75) is 5.92 Å². The van der Waals surface area contributed by atoms with Crippen LogP contribution < -0.4 is 5.32 Å². The number of carbonyl (C=O) groups excluding carboxylic acids is 1. The van der Waals surface area contributed by atoms with Crippen LogP contribution in [0, 0.1) is 5.92 Å². The molecule has 17 heavy (non-hydrogen) atoms. The molecule has 0 saturated carbocycles. The van der Waals surface area contributed by atoms with Gasteiger partial charge in [0.05, 0.1) is 13.0 Å². The average Bonchev–Trinajstić information content (AvgIpc) is 2.77. The largest absolute Gasteiger partial charge is 0.469 e. The van der Waals surface area contributed by atoms with Crippen molar-refractivity contribution < 1.29 is 9.53 Å². The Balaban J connectivity index is 2.36. The van der Waals surface area contributed by atoms with Gasteiger partial charge in [0.25, 0.3) is 0 Å². The maximum atomic E-state index is 11.7. The third-order valence-corrected chi connectivity index (χ3v) is 3.75. The summed E-state index contributed by atoms with van der Waals surface area (Å²) < 4.78 is 4.80. The number of methoxy groups -OCH3 is 1. The van der Waals surface area contributed by atoms with Gasteiger partial charge >= 0.3 is 5.97 Å². The molecular formula is C12H13Cl2NO2. The zero-order chi connectivity index (χ0) is 12.4. The van der Waals surface area contributed by atoms with Gasteiger partial charge in [0.15, 0.2) is 0 Å². The molecular weight excluding hydrogens is 261 g/mol. The van der Waals surface area contributed by atoms with Crippen molar-refractivity contribution in [3.8, 4) is 0 Å². The highest BCUT2D eigenvalue weighted by Crippen LogP contribution is 2.37. The van der Waals surface area contributed by atoms with E-state index in [0.29, 0.717) is 23.1 Å². The van der Waals surface area contributed by atoms with E-state index in [4.69, 9.17) is 27.9 Å². The number of nitrogens with one attached hydrogen (secondary N) is 1. The molecule has 0 radical (unpaired) electrons. The number of rotatable bonds is 2. The molecule has 1 aromatic carbocycles. The van der Waals surface area contributed by atoms with Crippen molar-refractivity contribution >= 4 is 29.2 Å². The Morgan fingerprint density at radius 2 is 2.00 bits per heavy atom. The molecule has 1 saturated heterocycles. The summed E-state index contributed by atoms with van der Waals surface area (Å²) in [6.45, 7) is 1.28. The lowest BCUT2D eigenvalue weighted by molar-refractivity contribution is -0.145. The van der Waals surface area contributed by atoms with Crippen molar-refractivity contribution in [2.24, 2.45) is 5.92 Å². The van der Waals surface area contributed by atoms with Crippen molar-refractivity contribution in [1.82, 2.24) is 5.32 Å². The monoisotopic (exact) mass is 273 g/mol. The van der Waals surface area contributed by atoms with Crippen molar-refractivity contribution in [3.63, 3.8) is 0 Å². The zero-order valence-corrected chi connectivity index (χ0v) is 10.9. The molecule has 2 atom stereocenters. The molecule has 0 aliphatic carbocycles. The SMILES string of the molecule is COC(=O)C1CNCC1c1c(Cl)cccc1Cl. The molecule has 0 bridgehead atoms. The van der Waals surface area contributed by atoms with Gasteiger partial charge in [-0.15, -0.1) is 0 Å². The van der Waals surface area contributed by atoms with Crippen LogP contribution >= 0.6 is 23.2 Å². The predicted molar refractivity (Wildman–Crippen MR) is 67.6 cm³/mol. The van der Waals surface area contributed by atoms with Gasteiger partial charge in [0, 0.05) is 29.1 Å². The summed E-state index contributed by atoms with van der Waals surface area (Å²) in [5.74, 6) is -0.475. The molecule has 2 unspecified atom stereocenters. The quantitative estimate of drug-likeness (QED) is 0.842. The fraction of sp³-hybridized carbons (Fsp3) is 0.417. The number of esters is 1. The molecule has 0 aromatic heterocycles. The maximum absolute atomic E-state index is 11.7. The van der Waals surface area contributed by atoms with Crippen molar-refractivity contribution in [3.05, 3.63) is 33.8 Å². The average molecular weight is 274 g/mol. The summed E-state index contributed by atoms with van der Waals surface area (Å²) in [4.78, 5) is 11.7. The molecule has 0 spiro atoms.